The number of hydrogen-bond donors (Lipinski definition) is 3. The van der Waals surface area contributed by atoms with Gasteiger partial charge in [0.15, 0.2) is 5.82 Å². The number of benzene rings is 1. The number of nitrogens with one attached hydrogen (secondary N) is 1. The summed E-state index contributed by atoms with van der Waals surface area (Å²) in [5.74, 6) is -0.358. The number of nitrogen functional groups attached to an aromatic ring is 1. The highest BCUT2D eigenvalue weighted by Crippen LogP contribution is 2.29. The maximum absolute atomic E-state index is 14.0. The van der Waals surface area contributed by atoms with Gasteiger partial charge in [-0.25, -0.2) is 4.39 Å². The van der Waals surface area contributed by atoms with Crippen LogP contribution in [-0.2, 0) is 0 Å². The summed E-state index contributed by atoms with van der Waals surface area (Å²) in [6, 6.07) is 4.82. The first-order valence-corrected chi connectivity index (χ1v) is 6.25. The first-order chi connectivity index (χ1) is 9.00. The quantitative estimate of drug-likeness (QED) is 0.741. The molecule has 0 saturated carbocycles. The smallest absolute Gasteiger partial charge is 0.150 e. The van der Waals surface area contributed by atoms with Crippen LogP contribution in [0.2, 0.25) is 0 Å². The van der Waals surface area contributed by atoms with Crippen LogP contribution in [-0.4, -0.2) is 22.7 Å². The maximum Gasteiger partial charge on any atom is 0.150 e. The van der Waals surface area contributed by atoms with E-state index in [1.807, 2.05) is 13.8 Å². The Morgan fingerprint density at radius 3 is 2.89 bits per heavy atom. The molecule has 0 spiro atoms. The minimum absolute atomic E-state index is 0.101. The van der Waals surface area contributed by atoms with E-state index in [1.165, 1.54) is 6.07 Å². The van der Waals surface area contributed by atoms with Gasteiger partial charge in [-0.05, 0) is 24.1 Å². The van der Waals surface area contributed by atoms with Crippen molar-refractivity contribution in [2.45, 2.75) is 20.0 Å². The molecule has 5 heteroatoms. The zero-order chi connectivity index (χ0) is 14.0. The molecule has 2 aromatic rings. The summed E-state index contributed by atoms with van der Waals surface area (Å²) < 4.78 is 14.0. The molecule has 1 aromatic heterocycles. The third kappa shape index (κ3) is 2.76. The van der Waals surface area contributed by atoms with Crippen molar-refractivity contribution in [1.82, 2.24) is 4.98 Å². The van der Waals surface area contributed by atoms with E-state index in [0.717, 1.165) is 0 Å². The standard InChI is InChI=1S/C14H18FN3O/c1-8(2)12(19)7-18-14-10(15)6-11(16)9-4-3-5-17-13(9)14/h3-6,8,12,18-19H,7,16H2,1-2H3. The number of fused-ring (bicyclic) bond motifs is 1. The SMILES string of the molecule is CC(C)C(O)CNc1c(F)cc(N)c2cccnc12. The molecule has 1 unspecified atom stereocenters. The summed E-state index contributed by atoms with van der Waals surface area (Å²) in [6.45, 7) is 4.08. The second-order valence-corrected chi connectivity index (χ2v) is 4.91. The first kappa shape index (κ1) is 13.5. The van der Waals surface area contributed by atoms with Gasteiger partial charge < -0.3 is 16.2 Å². The molecule has 0 aliphatic heterocycles. The number of nitrogens with two attached hydrogens (primary N) is 1. The zero-order valence-electron chi connectivity index (χ0n) is 11.0. The number of pyridine rings is 1. The number of halogens is 1. The molecule has 0 saturated heterocycles. The highest BCUT2D eigenvalue weighted by Gasteiger charge is 2.14. The highest BCUT2D eigenvalue weighted by molar-refractivity contribution is 5.98. The van der Waals surface area contributed by atoms with E-state index in [4.69, 9.17) is 5.73 Å². The second-order valence-electron chi connectivity index (χ2n) is 4.91. The molecule has 0 bridgehead atoms. The average Bonchev–Trinajstić information content (AvgIpc) is 2.38. The van der Waals surface area contributed by atoms with E-state index >= 15 is 0 Å². The van der Waals surface area contributed by atoms with Gasteiger partial charge in [0.1, 0.15) is 0 Å². The van der Waals surface area contributed by atoms with Crippen molar-refractivity contribution in [3.05, 3.63) is 30.2 Å². The minimum atomic E-state index is -0.546. The Hall–Kier alpha value is -1.88. The Morgan fingerprint density at radius 2 is 2.21 bits per heavy atom. The van der Waals surface area contributed by atoms with Gasteiger partial charge in [-0.2, -0.15) is 0 Å². The molecular formula is C14H18FN3O. The molecule has 1 heterocycles. The Bertz CT molecular complexity index is 586. The molecule has 0 aliphatic rings. The number of anilines is 2. The monoisotopic (exact) mass is 263 g/mol. The third-order valence-electron chi connectivity index (χ3n) is 3.13. The topological polar surface area (TPSA) is 71.2 Å². The molecule has 19 heavy (non-hydrogen) atoms. The van der Waals surface area contributed by atoms with Gasteiger partial charge in [0.2, 0.25) is 0 Å². The number of aromatic nitrogens is 1. The normalized spacial score (nSPS) is 12.9. The van der Waals surface area contributed by atoms with E-state index in [2.05, 4.69) is 10.3 Å². The lowest BCUT2D eigenvalue weighted by molar-refractivity contribution is 0.138. The van der Waals surface area contributed by atoms with Gasteiger partial charge in [0, 0.05) is 23.8 Å². The van der Waals surface area contributed by atoms with Gasteiger partial charge in [-0.3, -0.25) is 4.98 Å². The average molecular weight is 263 g/mol. The number of aliphatic hydroxyl groups is 1. The summed E-state index contributed by atoms with van der Waals surface area (Å²) in [7, 11) is 0. The van der Waals surface area contributed by atoms with Crippen LogP contribution in [0.25, 0.3) is 10.9 Å². The van der Waals surface area contributed by atoms with Gasteiger partial charge in [-0.15, -0.1) is 0 Å². The molecule has 4 nitrogen and oxygen atoms in total. The number of hydrogen-bond acceptors (Lipinski definition) is 4. The van der Waals surface area contributed by atoms with Gasteiger partial charge >= 0.3 is 0 Å². The molecule has 2 rings (SSSR count). The number of aliphatic hydroxyl groups excluding tert-OH is 1. The van der Waals surface area contributed by atoms with E-state index in [1.54, 1.807) is 18.3 Å². The zero-order valence-corrected chi connectivity index (χ0v) is 11.0. The lowest BCUT2D eigenvalue weighted by Gasteiger charge is -2.17. The maximum atomic E-state index is 14.0. The first-order valence-electron chi connectivity index (χ1n) is 6.25. The molecule has 1 atom stereocenters. The fourth-order valence-corrected chi connectivity index (χ4v) is 1.85. The Labute approximate surface area is 111 Å². The molecule has 1 aromatic carbocycles. The molecule has 0 amide bonds. The largest absolute Gasteiger partial charge is 0.398 e. The fraction of sp³-hybridized carbons (Fsp3) is 0.357. The van der Waals surface area contributed by atoms with Crippen LogP contribution in [0.5, 0.6) is 0 Å². The van der Waals surface area contributed by atoms with Crippen LogP contribution in [0.3, 0.4) is 0 Å². The Kier molecular flexibility index (Phi) is 3.85. The van der Waals surface area contributed by atoms with Crippen molar-refractivity contribution in [2.24, 2.45) is 5.92 Å². The van der Waals surface area contributed by atoms with Crippen LogP contribution in [0.15, 0.2) is 24.4 Å². The molecular weight excluding hydrogens is 245 g/mol. The molecule has 0 fully saturated rings. The predicted octanol–water partition coefficient (Wildman–Crippen LogP) is 2.38. The van der Waals surface area contributed by atoms with Crippen molar-refractivity contribution in [3.63, 3.8) is 0 Å². The molecule has 4 N–H and O–H groups in total. The van der Waals surface area contributed by atoms with Crippen LogP contribution in [0.1, 0.15) is 13.8 Å². The number of rotatable bonds is 4. The summed E-state index contributed by atoms with van der Waals surface area (Å²) in [6.07, 6.45) is 1.04. The Morgan fingerprint density at radius 1 is 1.47 bits per heavy atom. The molecule has 0 radical (unpaired) electrons. The van der Waals surface area contributed by atoms with Crippen molar-refractivity contribution in [3.8, 4) is 0 Å². The van der Waals surface area contributed by atoms with Gasteiger partial charge in [0.25, 0.3) is 0 Å². The number of nitrogens with zero attached hydrogens (tertiary/aromatic N) is 1. The van der Waals surface area contributed by atoms with Crippen LogP contribution < -0.4 is 11.1 Å². The van der Waals surface area contributed by atoms with E-state index in [0.29, 0.717) is 16.6 Å². The van der Waals surface area contributed by atoms with Crippen LogP contribution in [0.4, 0.5) is 15.8 Å². The van der Waals surface area contributed by atoms with Crippen molar-refractivity contribution >= 4 is 22.3 Å². The minimum Gasteiger partial charge on any atom is -0.398 e. The van der Waals surface area contributed by atoms with Gasteiger partial charge in [0.05, 0.1) is 17.3 Å². The second kappa shape index (κ2) is 5.40. The highest BCUT2D eigenvalue weighted by atomic mass is 19.1. The summed E-state index contributed by atoms with van der Waals surface area (Å²) in [5, 5.41) is 13.4. The fourth-order valence-electron chi connectivity index (χ4n) is 1.85. The predicted molar refractivity (Wildman–Crippen MR) is 75.4 cm³/mol. The lowest BCUT2D eigenvalue weighted by atomic mass is 10.1. The van der Waals surface area contributed by atoms with E-state index < -0.39 is 11.9 Å². The van der Waals surface area contributed by atoms with Crippen LogP contribution >= 0.6 is 0 Å². The van der Waals surface area contributed by atoms with E-state index in [9.17, 15) is 9.50 Å². The molecule has 0 aliphatic carbocycles. The third-order valence-corrected chi connectivity index (χ3v) is 3.13. The van der Waals surface area contributed by atoms with E-state index in [-0.39, 0.29) is 18.2 Å². The van der Waals surface area contributed by atoms with Crippen molar-refractivity contribution in [2.75, 3.05) is 17.6 Å². The summed E-state index contributed by atoms with van der Waals surface area (Å²) in [5.41, 5.74) is 6.89. The summed E-state index contributed by atoms with van der Waals surface area (Å²) >= 11 is 0. The molecule has 102 valence electrons. The lowest BCUT2D eigenvalue weighted by Crippen LogP contribution is -2.25. The van der Waals surface area contributed by atoms with Gasteiger partial charge in [-0.1, -0.05) is 13.8 Å². The Balaban J connectivity index is 2.37. The van der Waals surface area contributed by atoms with Crippen molar-refractivity contribution in [1.29, 1.82) is 0 Å². The van der Waals surface area contributed by atoms with Crippen LogP contribution in [0, 0.1) is 11.7 Å². The van der Waals surface area contributed by atoms with Crippen molar-refractivity contribution < 1.29 is 9.50 Å². The summed E-state index contributed by atoms with van der Waals surface area (Å²) in [4.78, 5) is 4.16.